The molecule has 1 aliphatic rings. The Morgan fingerprint density at radius 2 is 1.56 bits per heavy atom. The Morgan fingerprint density at radius 1 is 0.861 bits per heavy atom. The Bertz CT molecular complexity index is 1790. The van der Waals surface area contributed by atoms with Gasteiger partial charge in [0.05, 0.1) is 35.1 Å². The second kappa shape index (κ2) is 8.02. The number of aryl methyl sites for hydroxylation is 2. The van der Waals surface area contributed by atoms with Crippen LogP contribution in [0, 0.1) is 6.92 Å². The van der Waals surface area contributed by atoms with E-state index in [1.165, 1.54) is 11.6 Å². The van der Waals surface area contributed by atoms with Crippen molar-refractivity contribution in [2.75, 3.05) is 7.11 Å². The van der Waals surface area contributed by atoms with Crippen molar-refractivity contribution >= 4 is 10.9 Å². The first-order chi connectivity index (χ1) is 17.4. The molecule has 0 N–H and O–H groups in total. The van der Waals surface area contributed by atoms with Gasteiger partial charge in [-0.15, -0.1) is 0 Å². The van der Waals surface area contributed by atoms with Crippen molar-refractivity contribution in [1.82, 2.24) is 13.7 Å². The summed E-state index contributed by atoms with van der Waals surface area (Å²) in [5, 5.41) is 0.476. The third kappa shape index (κ3) is 2.92. The van der Waals surface area contributed by atoms with E-state index in [4.69, 9.17) is 9.47 Å². The maximum absolute atomic E-state index is 13.8. The molecule has 0 radical (unpaired) electrons. The molecule has 36 heavy (non-hydrogen) atoms. The van der Waals surface area contributed by atoms with Crippen LogP contribution in [0.25, 0.3) is 27.8 Å². The Hall–Kier alpha value is -4.52. The van der Waals surface area contributed by atoms with Crippen LogP contribution in [-0.4, -0.2) is 20.8 Å². The molecule has 0 aliphatic carbocycles. The second-order valence-electron chi connectivity index (χ2n) is 9.02. The van der Waals surface area contributed by atoms with Crippen molar-refractivity contribution < 1.29 is 9.47 Å². The van der Waals surface area contributed by atoms with E-state index in [1.807, 2.05) is 79.7 Å². The van der Waals surface area contributed by atoms with Crippen molar-refractivity contribution in [1.29, 1.82) is 0 Å². The Morgan fingerprint density at radius 3 is 2.33 bits per heavy atom. The van der Waals surface area contributed by atoms with Gasteiger partial charge >= 0.3 is 5.69 Å². The summed E-state index contributed by atoms with van der Waals surface area (Å²) in [5.74, 6) is 1.34. The van der Waals surface area contributed by atoms with Gasteiger partial charge < -0.3 is 14.0 Å². The van der Waals surface area contributed by atoms with Gasteiger partial charge in [0, 0.05) is 25.2 Å². The second-order valence-corrected chi connectivity index (χ2v) is 9.02. The third-order valence-corrected chi connectivity index (χ3v) is 7.03. The van der Waals surface area contributed by atoms with Crippen LogP contribution in [0.5, 0.6) is 11.5 Å². The largest absolute Gasteiger partial charge is 0.496 e. The molecule has 2 aromatic heterocycles. The highest BCUT2D eigenvalue weighted by Gasteiger charge is 2.37. The van der Waals surface area contributed by atoms with Gasteiger partial charge in [-0.1, -0.05) is 54.6 Å². The predicted octanol–water partition coefficient (Wildman–Crippen LogP) is 4.49. The molecule has 6 rings (SSSR count). The number of para-hydroxylation sites is 3. The van der Waals surface area contributed by atoms with Crippen LogP contribution in [-0.2, 0) is 14.1 Å². The van der Waals surface area contributed by atoms with E-state index in [2.05, 4.69) is 4.57 Å². The van der Waals surface area contributed by atoms with Crippen LogP contribution >= 0.6 is 0 Å². The number of benzene rings is 3. The molecule has 0 saturated heterocycles. The highest BCUT2D eigenvalue weighted by molar-refractivity contribution is 5.99. The lowest BCUT2D eigenvalue weighted by Gasteiger charge is -2.30. The van der Waals surface area contributed by atoms with Gasteiger partial charge in [0.25, 0.3) is 5.56 Å². The predicted molar refractivity (Wildman–Crippen MR) is 139 cm³/mol. The zero-order valence-corrected chi connectivity index (χ0v) is 20.5. The van der Waals surface area contributed by atoms with Crippen LogP contribution in [0.1, 0.15) is 22.9 Å². The number of rotatable bonds is 3. The van der Waals surface area contributed by atoms with Crippen molar-refractivity contribution in [2.45, 2.75) is 13.0 Å². The summed E-state index contributed by atoms with van der Waals surface area (Å²) in [6, 6.07) is 23.4. The highest BCUT2D eigenvalue weighted by Crippen LogP contribution is 2.48. The maximum atomic E-state index is 13.8. The van der Waals surface area contributed by atoms with Gasteiger partial charge in [-0.3, -0.25) is 13.9 Å². The number of methoxy groups -OCH3 is 1. The number of fused-ring (bicyclic) bond motifs is 5. The molecule has 0 saturated carbocycles. The van der Waals surface area contributed by atoms with Crippen molar-refractivity contribution in [2.24, 2.45) is 14.1 Å². The highest BCUT2D eigenvalue weighted by atomic mass is 16.5. The molecule has 180 valence electrons. The van der Waals surface area contributed by atoms with Crippen LogP contribution in [0.4, 0.5) is 0 Å². The van der Waals surface area contributed by atoms with Crippen molar-refractivity contribution in [3.63, 3.8) is 0 Å². The molecule has 0 amide bonds. The van der Waals surface area contributed by atoms with Gasteiger partial charge in [-0.25, -0.2) is 4.79 Å². The normalized spacial score (nSPS) is 14.3. The average molecular weight is 480 g/mol. The third-order valence-electron chi connectivity index (χ3n) is 7.03. The van der Waals surface area contributed by atoms with E-state index < -0.39 is 11.8 Å². The lowest BCUT2D eigenvalue weighted by molar-refractivity contribution is 0.223. The number of hydrogen-bond donors (Lipinski definition) is 0. The number of hydrogen-bond acceptors (Lipinski definition) is 4. The zero-order valence-electron chi connectivity index (χ0n) is 20.5. The van der Waals surface area contributed by atoms with Gasteiger partial charge in [0.2, 0.25) is 0 Å². The van der Waals surface area contributed by atoms with E-state index in [-0.39, 0.29) is 5.56 Å². The lowest BCUT2D eigenvalue weighted by atomic mass is 10.0. The van der Waals surface area contributed by atoms with Gasteiger partial charge in [0.1, 0.15) is 11.5 Å². The van der Waals surface area contributed by atoms with E-state index in [1.54, 1.807) is 18.7 Å². The molecule has 0 fully saturated rings. The molecule has 5 aromatic rings. The topological polar surface area (TPSA) is 67.4 Å². The molecular weight excluding hydrogens is 454 g/mol. The average Bonchev–Trinajstić information content (AvgIpc) is 3.27. The summed E-state index contributed by atoms with van der Waals surface area (Å²) in [6.45, 7) is 2.02. The minimum Gasteiger partial charge on any atom is -0.496 e. The van der Waals surface area contributed by atoms with E-state index >= 15 is 0 Å². The number of aromatic nitrogens is 3. The minimum atomic E-state index is -0.617. The summed E-state index contributed by atoms with van der Waals surface area (Å²) in [7, 11) is 4.84. The fraction of sp³-hybridized carbons (Fsp3) is 0.172. The SMILES string of the molecule is COc1ccccc1[C@H]1Oc2ccccc2-n2c(-c3ccccc3C)c3c(=O)n(C)c(=O)n(C)c3c21. The van der Waals surface area contributed by atoms with Crippen molar-refractivity contribution in [3.8, 4) is 28.4 Å². The fourth-order valence-electron chi connectivity index (χ4n) is 5.30. The molecule has 1 aliphatic heterocycles. The summed E-state index contributed by atoms with van der Waals surface area (Å²) < 4.78 is 17.1. The standard InChI is InChI=1S/C29H25N3O4/c1-17-11-5-6-12-18(17)24-23-25(30(2)29(34)31(3)28(23)33)26-27(19-13-7-9-15-21(19)35-4)36-22-16-10-8-14-20(22)32(24)26/h5-16,27H,1-4H3/t27-/m1/s1. The first kappa shape index (κ1) is 22.0. The zero-order chi connectivity index (χ0) is 25.1. The molecule has 3 heterocycles. The quantitative estimate of drug-likeness (QED) is 0.382. The van der Waals surface area contributed by atoms with Gasteiger partial charge in [-0.2, -0.15) is 0 Å². The summed E-state index contributed by atoms with van der Waals surface area (Å²) in [5.41, 5.74) is 4.82. The van der Waals surface area contributed by atoms with Crippen LogP contribution in [0.15, 0.2) is 82.4 Å². The van der Waals surface area contributed by atoms with Gasteiger partial charge in [0.15, 0.2) is 6.10 Å². The summed E-state index contributed by atoms with van der Waals surface area (Å²) in [4.78, 5) is 26.9. The molecule has 0 spiro atoms. The first-order valence-corrected chi connectivity index (χ1v) is 11.7. The molecule has 1 atom stereocenters. The monoisotopic (exact) mass is 479 g/mol. The van der Waals surface area contributed by atoms with Crippen LogP contribution < -0.4 is 20.7 Å². The van der Waals surface area contributed by atoms with Crippen LogP contribution in [0.2, 0.25) is 0 Å². The molecule has 7 nitrogen and oxygen atoms in total. The molecule has 7 heteroatoms. The molecule has 0 bridgehead atoms. The van der Waals surface area contributed by atoms with Crippen molar-refractivity contribution in [3.05, 3.63) is 110 Å². The number of ether oxygens (including phenoxy) is 2. The maximum Gasteiger partial charge on any atom is 0.331 e. The summed E-state index contributed by atoms with van der Waals surface area (Å²) >= 11 is 0. The number of nitrogens with zero attached hydrogens (tertiary/aromatic N) is 3. The lowest BCUT2D eigenvalue weighted by Crippen LogP contribution is -2.37. The van der Waals surface area contributed by atoms with E-state index in [0.717, 1.165) is 28.1 Å². The first-order valence-electron chi connectivity index (χ1n) is 11.7. The Balaban J connectivity index is 1.89. The molecular formula is C29H25N3O4. The summed E-state index contributed by atoms with van der Waals surface area (Å²) in [6.07, 6.45) is -0.617. The van der Waals surface area contributed by atoms with E-state index in [9.17, 15) is 9.59 Å². The smallest absolute Gasteiger partial charge is 0.331 e. The van der Waals surface area contributed by atoms with E-state index in [0.29, 0.717) is 28.1 Å². The Kier molecular flexibility index (Phi) is 4.89. The molecule has 3 aromatic carbocycles. The van der Waals surface area contributed by atoms with Crippen LogP contribution in [0.3, 0.4) is 0 Å². The Labute approximate surface area is 207 Å². The molecule has 0 unspecified atom stereocenters. The fourth-order valence-corrected chi connectivity index (χ4v) is 5.30. The minimum absolute atomic E-state index is 0.343. The van der Waals surface area contributed by atoms with Gasteiger partial charge in [-0.05, 0) is 30.7 Å².